The minimum atomic E-state index is -0.595. The summed E-state index contributed by atoms with van der Waals surface area (Å²) in [5.74, 6) is -1.18. The first-order valence-corrected chi connectivity index (χ1v) is 5.03. The number of carbonyl (C=O) groups is 2. The molecule has 0 aromatic heterocycles. The summed E-state index contributed by atoms with van der Waals surface area (Å²) in [6.07, 6.45) is 1.80. The average molecular weight is 251 g/mol. The molecule has 0 amide bonds. The average Bonchev–Trinajstić information content (AvgIpc) is 2.03. The lowest BCUT2D eigenvalue weighted by molar-refractivity contribution is -0.169. The third-order valence-corrected chi connectivity index (χ3v) is 2.39. The van der Waals surface area contributed by atoms with E-state index in [-0.39, 0.29) is 5.01 Å². The van der Waals surface area contributed by atoms with Crippen molar-refractivity contribution < 1.29 is 19.1 Å². The minimum Gasteiger partial charge on any atom is -0.391 e. The van der Waals surface area contributed by atoms with Crippen molar-refractivity contribution in [2.45, 2.75) is 37.3 Å². The van der Waals surface area contributed by atoms with Crippen LogP contribution in [0.3, 0.4) is 0 Å². The van der Waals surface area contributed by atoms with Crippen molar-refractivity contribution in [3.63, 3.8) is 0 Å². The maximum atomic E-state index is 11.2. The lowest BCUT2D eigenvalue weighted by Crippen LogP contribution is -2.33. The van der Waals surface area contributed by atoms with Crippen molar-refractivity contribution in [3.05, 3.63) is 0 Å². The molecule has 0 N–H and O–H groups in total. The fraction of sp³-hybridized carbons (Fsp3) is 0.750. The predicted molar refractivity (Wildman–Crippen MR) is 48.2 cm³/mol. The number of hydrogen-bond donors (Lipinski definition) is 0. The van der Waals surface area contributed by atoms with Crippen LogP contribution >= 0.6 is 15.9 Å². The molecule has 0 spiro atoms. The van der Waals surface area contributed by atoms with Gasteiger partial charge in [-0.1, -0.05) is 15.9 Å². The van der Waals surface area contributed by atoms with E-state index in [1.165, 1.54) is 6.92 Å². The maximum absolute atomic E-state index is 11.2. The number of ether oxygens (including phenoxy) is 2. The first-order chi connectivity index (χ1) is 6.09. The molecule has 0 aromatic carbocycles. The van der Waals surface area contributed by atoms with Gasteiger partial charge in [0.1, 0.15) is 5.01 Å². The summed E-state index contributed by atoms with van der Waals surface area (Å²) in [6, 6.07) is 0. The Morgan fingerprint density at radius 3 is 2.69 bits per heavy atom. The number of rotatable bonds is 1. The second kappa shape index (κ2) is 4.72. The fourth-order valence-electron chi connectivity index (χ4n) is 1.16. The third-order valence-electron chi connectivity index (χ3n) is 1.72. The second-order valence-electron chi connectivity index (χ2n) is 2.88. The molecule has 4 nitrogen and oxygen atoms in total. The van der Waals surface area contributed by atoms with Crippen molar-refractivity contribution in [1.29, 1.82) is 0 Å². The summed E-state index contributed by atoms with van der Waals surface area (Å²) in [6.45, 7) is 1.20. The quantitative estimate of drug-likeness (QED) is 0.401. The van der Waals surface area contributed by atoms with Crippen LogP contribution in [0.1, 0.15) is 26.2 Å². The zero-order valence-corrected chi connectivity index (χ0v) is 8.87. The highest BCUT2D eigenvalue weighted by Crippen LogP contribution is 2.23. The Balaban J connectivity index is 2.41. The van der Waals surface area contributed by atoms with Crippen LogP contribution in [-0.2, 0) is 19.1 Å². The van der Waals surface area contributed by atoms with Crippen LogP contribution in [0.25, 0.3) is 0 Å². The molecular weight excluding hydrogens is 240 g/mol. The van der Waals surface area contributed by atoms with Gasteiger partial charge in [-0.25, -0.2) is 4.79 Å². The molecular formula is C8H11BrO4. The van der Waals surface area contributed by atoms with Gasteiger partial charge in [0.15, 0.2) is 6.10 Å². The number of alkyl halides is 1. The Morgan fingerprint density at radius 1 is 1.46 bits per heavy atom. The lowest BCUT2D eigenvalue weighted by Gasteiger charge is -2.24. The summed E-state index contributed by atoms with van der Waals surface area (Å²) >= 11 is 3.25. The van der Waals surface area contributed by atoms with Crippen LogP contribution in [0, 0.1) is 0 Å². The SMILES string of the molecule is CC(=O)OC(=O)C1CCCC(Br)O1. The molecule has 2 atom stereocenters. The smallest absolute Gasteiger partial charge is 0.342 e. The van der Waals surface area contributed by atoms with Crippen LogP contribution < -0.4 is 0 Å². The Labute approximate surface area is 84.7 Å². The number of halogens is 1. The molecule has 1 rings (SSSR count). The highest BCUT2D eigenvalue weighted by Gasteiger charge is 2.28. The van der Waals surface area contributed by atoms with Crippen molar-refractivity contribution in [2.75, 3.05) is 0 Å². The van der Waals surface area contributed by atoms with Gasteiger partial charge in [0, 0.05) is 6.92 Å². The van der Waals surface area contributed by atoms with Crippen LogP contribution in [0.4, 0.5) is 0 Å². The topological polar surface area (TPSA) is 52.6 Å². The van der Waals surface area contributed by atoms with Gasteiger partial charge in [-0.05, 0) is 19.3 Å². The van der Waals surface area contributed by atoms with E-state index < -0.39 is 18.0 Å². The monoisotopic (exact) mass is 250 g/mol. The van der Waals surface area contributed by atoms with Crippen molar-refractivity contribution >= 4 is 27.9 Å². The van der Waals surface area contributed by atoms with E-state index in [0.717, 1.165) is 12.8 Å². The number of carbonyl (C=O) groups excluding carboxylic acids is 2. The first kappa shape index (κ1) is 10.7. The van der Waals surface area contributed by atoms with Crippen LogP contribution in [-0.4, -0.2) is 23.1 Å². The van der Waals surface area contributed by atoms with Gasteiger partial charge in [-0.15, -0.1) is 0 Å². The Morgan fingerprint density at radius 2 is 2.15 bits per heavy atom. The molecule has 2 unspecified atom stereocenters. The molecule has 1 saturated heterocycles. The Hall–Kier alpha value is -0.420. The summed E-state index contributed by atoms with van der Waals surface area (Å²) in [4.78, 5) is 21.6. The van der Waals surface area contributed by atoms with Crippen molar-refractivity contribution in [3.8, 4) is 0 Å². The van der Waals surface area contributed by atoms with Gasteiger partial charge in [-0.3, -0.25) is 4.79 Å². The Bertz CT molecular complexity index is 216. The first-order valence-electron chi connectivity index (χ1n) is 4.11. The second-order valence-corrected chi connectivity index (χ2v) is 3.90. The van der Waals surface area contributed by atoms with E-state index in [1.807, 2.05) is 0 Å². The predicted octanol–water partition coefficient (Wildman–Crippen LogP) is 1.37. The molecule has 0 bridgehead atoms. The number of esters is 2. The van der Waals surface area contributed by atoms with Crippen LogP contribution in [0.5, 0.6) is 0 Å². The van der Waals surface area contributed by atoms with Crippen molar-refractivity contribution in [2.24, 2.45) is 0 Å². The molecule has 13 heavy (non-hydrogen) atoms. The minimum absolute atomic E-state index is 0.106. The van der Waals surface area contributed by atoms with E-state index >= 15 is 0 Å². The lowest BCUT2D eigenvalue weighted by atomic mass is 10.1. The summed E-state index contributed by atoms with van der Waals surface area (Å²) < 4.78 is 9.65. The molecule has 0 radical (unpaired) electrons. The highest BCUT2D eigenvalue weighted by atomic mass is 79.9. The highest BCUT2D eigenvalue weighted by molar-refractivity contribution is 9.09. The zero-order chi connectivity index (χ0) is 9.84. The molecule has 0 saturated carbocycles. The molecule has 1 aliphatic rings. The molecule has 0 aliphatic carbocycles. The van der Waals surface area contributed by atoms with Gasteiger partial charge in [-0.2, -0.15) is 0 Å². The zero-order valence-electron chi connectivity index (χ0n) is 7.29. The van der Waals surface area contributed by atoms with Gasteiger partial charge < -0.3 is 9.47 Å². The maximum Gasteiger partial charge on any atom is 0.342 e. The molecule has 1 fully saturated rings. The fourth-order valence-corrected chi connectivity index (χ4v) is 1.74. The molecule has 0 aromatic rings. The standard InChI is InChI=1S/C8H11BrO4/c1-5(10)12-8(11)6-3-2-4-7(9)13-6/h6-7H,2-4H2,1H3. The van der Waals surface area contributed by atoms with E-state index in [4.69, 9.17) is 4.74 Å². The normalized spacial score (nSPS) is 28.2. The van der Waals surface area contributed by atoms with E-state index in [2.05, 4.69) is 20.7 Å². The largest absolute Gasteiger partial charge is 0.391 e. The van der Waals surface area contributed by atoms with Crippen LogP contribution in [0.2, 0.25) is 0 Å². The summed E-state index contributed by atoms with van der Waals surface area (Å²) in [7, 11) is 0. The van der Waals surface area contributed by atoms with E-state index in [0.29, 0.717) is 6.42 Å². The number of hydrogen-bond acceptors (Lipinski definition) is 4. The molecule has 5 heteroatoms. The van der Waals surface area contributed by atoms with Gasteiger partial charge >= 0.3 is 11.9 Å². The molecule has 1 heterocycles. The molecule has 74 valence electrons. The van der Waals surface area contributed by atoms with E-state index in [1.54, 1.807) is 0 Å². The van der Waals surface area contributed by atoms with Gasteiger partial charge in [0.05, 0.1) is 0 Å². The van der Waals surface area contributed by atoms with Crippen LogP contribution in [0.15, 0.2) is 0 Å². The van der Waals surface area contributed by atoms with E-state index in [9.17, 15) is 9.59 Å². The van der Waals surface area contributed by atoms with Crippen molar-refractivity contribution in [1.82, 2.24) is 0 Å². The Kier molecular flexibility index (Phi) is 3.87. The third kappa shape index (κ3) is 3.44. The summed E-state index contributed by atoms with van der Waals surface area (Å²) in [5.41, 5.74) is 0. The summed E-state index contributed by atoms with van der Waals surface area (Å²) in [5, 5.41) is -0.106. The van der Waals surface area contributed by atoms with Gasteiger partial charge in [0.25, 0.3) is 0 Å². The van der Waals surface area contributed by atoms with Gasteiger partial charge in [0.2, 0.25) is 0 Å². The molecule has 1 aliphatic heterocycles.